The monoisotopic (exact) mass is 393 g/mol. The Bertz CT molecular complexity index is 903. The highest BCUT2D eigenvalue weighted by molar-refractivity contribution is 7.91. The summed E-state index contributed by atoms with van der Waals surface area (Å²) in [5, 5.41) is 1.35. The van der Waals surface area contributed by atoms with Gasteiger partial charge in [0.05, 0.1) is 16.4 Å². The SMILES string of the molecule is O=C(N1CC[C@@H](c2cccs2)S(=O)(=O)CC1)C1(c2ccc(F)cc2)CC1. The van der Waals surface area contributed by atoms with Crippen molar-refractivity contribution in [1.82, 2.24) is 4.90 Å². The molecular formula is C19H20FNO3S2. The zero-order chi connectivity index (χ0) is 18.4. The average molecular weight is 394 g/mol. The molecule has 0 bridgehead atoms. The summed E-state index contributed by atoms with van der Waals surface area (Å²) in [5.41, 5.74) is 0.228. The third-order valence-corrected chi connectivity index (χ3v) is 8.69. The Morgan fingerprint density at radius 2 is 1.88 bits per heavy atom. The van der Waals surface area contributed by atoms with Gasteiger partial charge in [-0.05, 0) is 48.4 Å². The van der Waals surface area contributed by atoms with E-state index in [1.807, 2.05) is 17.5 Å². The lowest BCUT2D eigenvalue weighted by Gasteiger charge is -2.26. The number of benzene rings is 1. The van der Waals surface area contributed by atoms with E-state index in [0.717, 1.165) is 23.3 Å². The van der Waals surface area contributed by atoms with Crippen molar-refractivity contribution in [3.63, 3.8) is 0 Å². The standard InChI is InChI=1S/C19H20FNO3S2/c20-15-5-3-14(4-6-15)19(8-9-19)18(22)21-10-7-17(16-2-1-12-25-16)26(23,24)13-11-21/h1-6,12,17H,7-11,13H2/t17-/m0/s1. The van der Waals surface area contributed by atoms with Gasteiger partial charge in [0.2, 0.25) is 5.91 Å². The quantitative estimate of drug-likeness (QED) is 0.804. The number of carbonyl (C=O) groups is 1. The van der Waals surface area contributed by atoms with Crippen LogP contribution in [0.3, 0.4) is 0 Å². The van der Waals surface area contributed by atoms with Crippen LogP contribution in [0.15, 0.2) is 41.8 Å². The molecule has 138 valence electrons. The summed E-state index contributed by atoms with van der Waals surface area (Å²) in [6.07, 6.45) is 1.89. The predicted molar refractivity (Wildman–Crippen MR) is 99.4 cm³/mol. The summed E-state index contributed by atoms with van der Waals surface area (Å²) in [5.74, 6) is -0.358. The predicted octanol–water partition coefficient (Wildman–Crippen LogP) is 3.31. The van der Waals surface area contributed by atoms with Gasteiger partial charge in [-0.3, -0.25) is 4.79 Å². The number of nitrogens with zero attached hydrogens (tertiary/aromatic N) is 1. The highest BCUT2D eigenvalue weighted by atomic mass is 32.2. The van der Waals surface area contributed by atoms with Crippen molar-refractivity contribution in [1.29, 1.82) is 0 Å². The summed E-state index contributed by atoms with van der Waals surface area (Å²) in [6.45, 7) is 0.662. The summed E-state index contributed by atoms with van der Waals surface area (Å²) in [7, 11) is -3.28. The van der Waals surface area contributed by atoms with Crippen LogP contribution < -0.4 is 0 Å². The van der Waals surface area contributed by atoms with Crippen molar-refractivity contribution in [2.75, 3.05) is 18.8 Å². The van der Waals surface area contributed by atoms with E-state index in [-0.39, 0.29) is 24.0 Å². The molecule has 1 aliphatic heterocycles. The summed E-state index contributed by atoms with van der Waals surface area (Å²) >= 11 is 1.45. The fraction of sp³-hybridized carbons (Fsp3) is 0.421. The Hall–Kier alpha value is -1.73. The first-order valence-corrected chi connectivity index (χ1v) is 11.3. The molecule has 1 saturated heterocycles. The molecule has 1 aromatic heterocycles. The number of halogens is 1. The third-order valence-electron chi connectivity index (χ3n) is 5.44. The van der Waals surface area contributed by atoms with Crippen LogP contribution in [0.2, 0.25) is 0 Å². The van der Waals surface area contributed by atoms with Crippen LogP contribution in [0, 0.1) is 5.82 Å². The molecule has 2 heterocycles. The third kappa shape index (κ3) is 3.07. The highest BCUT2D eigenvalue weighted by Crippen LogP contribution is 2.50. The maximum Gasteiger partial charge on any atom is 0.233 e. The fourth-order valence-corrected chi connectivity index (χ4v) is 6.77. The zero-order valence-corrected chi connectivity index (χ0v) is 15.9. The lowest BCUT2D eigenvalue weighted by molar-refractivity contribution is -0.133. The number of hydrogen-bond acceptors (Lipinski definition) is 4. The normalized spacial score (nSPS) is 24.0. The average Bonchev–Trinajstić information content (AvgIpc) is 3.29. The molecule has 1 saturated carbocycles. The van der Waals surface area contributed by atoms with E-state index < -0.39 is 20.5 Å². The molecule has 2 aromatic rings. The van der Waals surface area contributed by atoms with Crippen molar-refractivity contribution < 1.29 is 17.6 Å². The second kappa shape index (κ2) is 6.46. The summed E-state index contributed by atoms with van der Waals surface area (Å²) in [6, 6.07) is 9.81. The molecule has 1 aromatic carbocycles. The van der Waals surface area contributed by atoms with Crippen LogP contribution >= 0.6 is 11.3 Å². The maximum absolute atomic E-state index is 13.2. The van der Waals surface area contributed by atoms with Crippen LogP contribution in [-0.2, 0) is 20.0 Å². The van der Waals surface area contributed by atoms with Gasteiger partial charge in [-0.2, -0.15) is 0 Å². The topological polar surface area (TPSA) is 54.5 Å². The lowest BCUT2D eigenvalue weighted by atomic mass is 9.94. The lowest BCUT2D eigenvalue weighted by Crippen LogP contribution is -2.41. The van der Waals surface area contributed by atoms with Gasteiger partial charge < -0.3 is 4.90 Å². The van der Waals surface area contributed by atoms with E-state index in [9.17, 15) is 17.6 Å². The number of carbonyl (C=O) groups excluding carboxylic acids is 1. The van der Waals surface area contributed by atoms with Crippen molar-refractivity contribution >= 4 is 27.1 Å². The summed E-state index contributed by atoms with van der Waals surface area (Å²) in [4.78, 5) is 15.7. The minimum Gasteiger partial charge on any atom is -0.341 e. The highest BCUT2D eigenvalue weighted by Gasteiger charge is 2.53. The number of sulfone groups is 1. The molecule has 1 aliphatic carbocycles. The van der Waals surface area contributed by atoms with E-state index >= 15 is 0 Å². The Morgan fingerprint density at radius 1 is 1.15 bits per heavy atom. The fourth-order valence-electron chi connectivity index (χ4n) is 3.76. The van der Waals surface area contributed by atoms with Gasteiger partial charge >= 0.3 is 0 Å². The smallest absolute Gasteiger partial charge is 0.233 e. The van der Waals surface area contributed by atoms with E-state index in [1.165, 1.54) is 23.5 Å². The molecule has 4 nitrogen and oxygen atoms in total. The Labute approximate surface area is 156 Å². The number of rotatable bonds is 3. The molecule has 1 amide bonds. The van der Waals surface area contributed by atoms with Crippen LogP contribution in [0.5, 0.6) is 0 Å². The van der Waals surface area contributed by atoms with Crippen LogP contribution in [0.25, 0.3) is 0 Å². The van der Waals surface area contributed by atoms with Crippen LogP contribution in [0.4, 0.5) is 4.39 Å². The van der Waals surface area contributed by atoms with Gasteiger partial charge in [0, 0.05) is 18.0 Å². The Balaban J connectivity index is 1.56. The first kappa shape index (κ1) is 17.7. The molecular weight excluding hydrogens is 373 g/mol. The molecule has 0 radical (unpaired) electrons. The number of amides is 1. The van der Waals surface area contributed by atoms with Gasteiger partial charge in [-0.15, -0.1) is 11.3 Å². The minimum atomic E-state index is -3.28. The number of hydrogen-bond donors (Lipinski definition) is 0. The van der Waals surface area contributed by atoms with Gasteiger partial charge in [-0.25, -0.2) is 12.8 Å². The van der Waals surface area contributed by atoms with Crippen molar-refractivity contribution in [2.45, 2.75) is 29.9 Å². The molecule has 26 heavy (non-hydrogen) atoms. The van der Waals surface area contributed by atoms with Crippen molar-refractivity contribution in [3.05, 3.63) is 58.0 Å². The minimum absolute atomic E-state index is 0.0131. The van der Waals surface area contributed by atoms with Crippen molar-refractivity contribution in [3.8, 4) is 0 Å². The number of thiophene rings is 1. The van der Waals surface area contributed by atoms with E-state index in [0.29, 0.717) is 13.0 Å². The Morgan fingerprint density at radius 3 is 2.50 bits per heavy atom. The van der Waals surface area contributed by atoms with Crippen LogP contribution in [-0.4, -0.2) is 38.1 Å². The second-order valence-corrected chi connectivity index (χ2v) is 10.3. The van der Waals surface area contributed by atoms with Crippen LogP contribution in [0.1, 0.15) is 35.0 Å². The van der Waals surface area contributed by atoms with Gasteiger partial charge in [0.15, 0.2) is 9.84 Å². The first-order valence-electron chi connectivity index (χ1n) is 8.73. The first-order chi connectivity index (χ1) is 12.4. The largest absolute Gasteiger partial charge is 0.341 e. The molecule has 4 rings (SSSR count). The van der Waals surface area contributed by atoms with Gasteiger partial charge in [-0.1, -0.05) is 18.2 Å². The maximum atomic E-state index is 13.2. The van der Waals surface area contributed by atoms with E-state index in [4.69, 9.17) is 0 Å². The van der Waals surface area contributed by atoms with E-state index in [1.54, 1.807) is 17.0 Å². The molecule has 2 fully saturated rings. The molecule has 2 aliphatic rings. The molecule has 0 spiro atoms. The zero-order valence-electron chi connectivity index (χ0n) is 14.2. The molecule has 1 atom stereocenters. The van der Waals surface area contributed by atoms with Gasteiger partial charge in [0.25, 0.3) is 0 Å². The van der Waals surface area contributed by atoms with Crippen molar-refractivity contribution in [2.24, 2.45) is 0 Å². The molecule has 0 unspecified atom stereocenters. The Kier molecular flexibility index (Phi) is 4.39. The molecule has 0 N–H and O–H groups in total. The second-order valence-electron chi connectivity index (χ2n) is 7.04. The summed E-state index contributed by atoms with van der Waals surface area (Å²) < 4.78 is 38.5. The molecule has 7 heteroatoms. The van der Waals surface area contributed by atoms with E-state index in [2.05, 4.69) is 0 Å². The van der Waals surface area contributed by atoms with Gasteiger partial charge in [0.1, 0.15) is 5.82 Å².